The SMILES string of the molecule is CNc1nc(OC)nc(N2CCSCC2S(C)(=O)=O)n1. The molecule has 20 heavy (non-hydrogen) atoms. The first-order chi connectivity index (χ1) is 9.45. The highest BCUT2D eigenvalue weighted by molar-refractivity contribution is 8.01. The van der Waals surface area contributed by atoms with E-state index in [1.807, 2.05) is 0 Å². The summed E-state index contributed by atoms with van der Waals surface area (Å²) in [5.41, 5.74) is 0. The van der Waals surface area contributed by atoms with Crippen LogP contribution in [0.25, 0.3) is 0 Å². The van der Waals surface area contributed by atoms with E-state index >= 15 is 0 Å². The molecule has 8 nitrogen and oxygen atoms in total. The molecule has 1 atom stereocenters. The largest absolute Gasteiger partial charge is 0.467 e. The van der Waals surface area contributed by atoms with Crippen LogP contribution >= 0.6 is 11.8 Å². The lowest BCUT2D eigenvalue weighted by Crippen LogP contribution is -2.47. The van der Waals surface area contributed by atoms with Gasteiger partial charge in [0, 0.05) is 31.4 Å². The Hall–Kier alpha value is -1.29. The van der Waals surface area contributed by atoms with Crippen molar-refractivity contribution in [2.45, 2.75) is 5.37 Å². The third kappa shape index (κ3) is 3.23. The zero-order chi connectivity index (χ0) is 14.8. The van der Waals surface area contributed by atoms with Gasteiger partial charge in [0.25, 0.3) is 0 Å². The minimum Gasteiger partial charge on any atom is -0.467 e. The third-order valence-corrected chi connectivity index (χ3v) is 5.49. The predicted octanol–water partition coefficient (Wildman–Crippen LogP) is -0.154. The number of anilines is 2. The molecular formula is C10H17N5O3S2. The number of sulfone groups is 1. The number of hydrogen-bond acceptors (Lipinski definition) is 9. The van der Waals surface area contributed by atoms with Gasteiger partial charge in [-0.2, -0.15) is 26.7 Å². The molecular weight excluding hydrogens is 302 g/mol. The number of hydrogen-bond donors (Lipinski definition) is 1. The number of ether oxygens (including phenoxy) is 1. The quantitative estimate of drug-likeness (QED) is 0.812. The fourth-order valence-corrected chi connectivity index (χ4v) is 4.66. The molecule has 2 heterocycles. The molecule has 0 saturated carbocycles. The van der Waals surface area contributed by atoms with E-state index in [9.17, 15) is 8.42 Å². The van der Waals surface area contributed by atoms with Crippen molar-refractivity contribution >= 4 is 33.5 Å². The van der Waals surface area contributed by atoms with Crippen molar-refractivity contribution in [3.05, 3.63) is 0 Å². The van der Waals surface area contributed by atoms with Crippen LogP contribution in [-0.2, 0) is 9.84 Å². The van der Waals surface area contributed by atoms with Crippen molar-refractivity contribution in [1.82, 2.24) is 15.0 Å². The first kappa shape index (κ1) is 15.1. The summed E-state index contributed by atoms with van der Waals surface area (Å²) in [5, 5.41) is 2.18. The smallest absolute Gasteiger partial charge is 0.322 e. The highest BCUT2D eigenvalue weighted by Gasteiger charge is 2.33. The predicted molar refractivity (Wildman–Crippen MR) is 79.2 cm³/mol. The van der Waals surface area contributed by atoms with Gasteiger partial charge in [-0.15, -0.1) is 0 Å². The van der Waals surface area contributed by atoms with Gasteiger partial charge in [0.1, 0.15) is 5.37 Å². The maximum atomic E-state index is 11.9. The van der Waals surface area contributed by atoms with E-state index in [1.165, 1.54) is 13.4 Å². The molecule has 1 aliphatic heterocycles. The Morgan fingerprint density at radius 3 is 2.75 bits per heavy atom. The van der Waals surface area contributed by atoms with Crippen LogP contribution in [0.3, 0.4) is 0 Å². The summed E-state index contributed by atoms with van der Waals surface area (Å²) in [7, 11) is -0.0827. The molecule has 112 valence electrons. The monoisotopic (exact) mass is 319 g/mol. The molecule has 0 bridgehead atoms. The van der Waals surface area contributed by atoms with E-state index in [0.29, 0.717) is 24.2 Å². The van der Waals surface area contributed by atoms with Gasteiger partial charge in [0.05, 0.1) is 7.11 Å². The molecule has 2 rings (SSSR count). The molecule has 0 aliphatic carbocycles. The van der Waals surface area contributed by atoms with Gasteiger partial charge in [0.2, 0.25) is 11.9 Å². The molecule has 0 radical (unpaired) electrons. The van der Waals surface area contributed by atoms with Gasteiger partial charge in [-0.3, -0.25) is 0 Å². The summed E-state index contributed by atoms with van der Waals surface area (Å²) in [6, 6.07) is 0.157. The number of thioether (sulfide) groups is 1. The van der Waals surface area contributed by atoms with Crippen molar-refractivity contribution < 1.29 is 13.2 Å². The van der Waals surface area contributed by atoms with Crippen LogP contribution in [0.4, 0.5) is 11.9 Å². The summed E-state index contributed by atoms with van der Waals surface area (Å²) in [4.78, 5) is 14.1. The Morgan fingerprint density at radius 2 is 2.15 bits per heavy atom. The first-order valence-electron chi connectivity index (χ1n) is 5.96. The zero-order valence-electron chi connectivity index (χ0n) is 11.5. The van der Waals surface area contributed by atoms with Crippen LogP contribution in [0.2, 0.25) is 0 Å². The Labute approximate surface area is 122 Å². The van der Waals surface area contributed by atoms with Crippen LogP contribution < -0.4 is 15.0 Å². The second kappa shape index (κ2) is 6.00. The van der Waals surface area contributed by atoms with E-state index < -0.39 is 15.2 Å². The molecule has 1 unspecified atom stereocenters. The van der Waals surface area contributed by atoms with Gasteiger partial charge in [-0.1, -0.05) is 0 Å². The summed E-state index contributed by atoms with van der Waals surface area (Å²) in [5.74, 6) is 1.99. The maximum absolute atomic E-state index is 11.9. The topological polar surface area (TPSA) is 97.3 Å². The van der Waals surface area contributed by atoms with Crippen molar-refractivity contribution in [3.63, 3.8) is 0 Å². The van der Waals surface area contributed by atoms with E-state index in [4.69, 9.17) is 4.74 Å². The zero-order valence-corrected chi connectivity index (χ0v) is 13.2. The third-order valence-electron chi connectivity index (χ3n) is 2.84. The Balaban J connectivity index is 2.41. The van der Waals surface area contributed by atoms with Gasteiger partial charge in [-0.05, 0) is 0 Å². The van der Waals surface area contributed by atoms with Crippen LogP contribution in [-0.4, -0.2) is 67.2 Å². The highest BCUT2D eigenvalue weighted by Crippen LogP contribution is 2.25. The summed E-state index contributed by atoms with van der Waals surface area (Å²) < 4.78 is 28.8. The average molecular weight is 319 g/mol. The summed E-state index contributed by atoms with van der Waals surface area (Å²) in [6.45, 7) is 0.568. The molecule has 0 spiro atoms. The van der Waals surface area contributed by atoms with Crippen molar-refractivity contribution in [2.24, 2.45) is 0 Å². The van der Waals surface area contributed by atoms with Gasteiger partial charge in [0.15, 0.2) is 9.84 Å². The van der Waals surface area contributed by atoms with Crippen LogP contribution in [0.15, 0.2) is 0 Å². The number of rotatable bonds is 4. The number of methoxy groups -OCH3 is 1. The van der Waals surface area contributed by atoms with E-state index in [2.05, 4.69) is 20.3 Å². The van der Waals surface area contributed by atoms with Gasteiger partial charge in [-0.25, -0.2) is 8.42 Å². The van der Waals surface area contributed by atoms with E-state index in [1.54, 1.807) is 23.7 Å². The Kier molecular flexibility index (Phi) is 4.53. The highest BCUT2D eigenvalue weighted by atomic mass is 32.2. The fourth-order valence-electron chi connectivity index (χ4n) is 1.84. The molecule has 1 N–H and O–H groups in total. The minimum atomic E-state index is -3.22. The molecule has 0 aromatic carbocycles. The van der Waals surface area contributed by atoms with Crippen molar-refractivity contribution in [2.75, 3.05) is 48.7 Å². The maximum Gasteiger partial charge on any atom is 0.322 e. The summed E-state index contributed by atoms with van der Waals surface area (Å²) >= 11 is 1.61. The number of nitrogens with one attached hydrogen (secondary N) is 1. The van der Waals surface area contributed by atoms with E-state index in [-0.39, 0.29) is 6.01 Å². The Morgan fingerprint density at radius 1 is 1.40 bits per heavy atom. The molecule has 1 aromatic heterocycles. The molecule has 1 aromatic rings. The van der Waals surface area contributed by atoms with Gasteiger partial charge >= 0.3 is 6.01 Å². The second-order valence-corrected chi connectivity index (χ2v) is 7.60. The van der Waals surface area contributed by atoms with Crippen molar-refractivity contribution in [1.29, 1.82) is 0 Å². The van der Waals surface area contributed by atoms with Crippen molar-refractivity contribution in [3.8, 4) is 6.01 Å². The lowest BCUT2D eigenvalue weighted by atomic mass is 10.5. The molecule has 1 saturated heterocycles. The van der Waals surface area contributed by atoms with E-state index in [0.717, 1.165) is 5.75 Å². The lowest BCUT2D eigenvalue weighted by Gasteiger charge is -2.33. The molecule has 1 aliphatic rings. The molecule has 1 fully saturated rings. The number of aromatic nitrogens is 3. The summed E-state index contributed by atoms with van der Waals surface area (Å²) in [6.07, 6.45) is 1.23. The van der Waals surface area contributed by atoms with Crippen LogP contribution in [0.5, 0.6) is 6.01 Å². The van der Waals surface area contributed by atoms with Crippen LogP contribution in [0.1, 0.15) is 0 Å². The second-order valence-electron chi connectivity index (χ2n) is 4.25. The minimum absolute atomic E-state index is 0.157. The van der Waals surface area contributed by atoms with Gasteiger partial charge < -0.3 is 15.0 Å². The normalized spacial score (nSPS) is 19.8. The standard InChI is InChI=1S/C10H17N5O3S2/c1-11-8-12-9(14-10(13-8)18-2)15-4-5-19-6-7(15)20(3,16)17/h7H,4-6H2,1-3H3,(H,11,12,13,14). The first-order valence-corrected chi connectivity index (χ1v) is 9.07. The Bertz CT molecular complexity index is 558. The number of nitrogens with zero attached hydrogens (tertiary/aromatic N) is 4. The fraction of sp³-hybridized carbons (Fsp3) is 0.700. The van der Waals surface area contributed by atoms with Crippen LogP contribution in [0, 0.1) is 0 Å². The molecule has 10 heteroatoms. The lowest BCUT2D eigenvalue weighted by molar-refractivity contribution is 0.378. The molecule has 0 amide bonds. The average Bonchev–Trinajstić information content (AvgIpc) is 2.45.